The van der Waals surface area contributed by atoms with Crippen molar-refractivity contribution in [3.05, 3.63) is 64.9 Å². The van der Waals surface area contributed by atoms with E-state index in [1.54, 1.807) is 26.0 Å². The molecule has 0 spiro atoms. The van der Waals surface area contributed by atoms with Crippen LogP contribution in [0.3, 0.4) is 0 Å². The molecule has 0 amide bonds. The molecule has 1 aromatic carbocycles. The van der Waals surface area contributed by atoms with Crippen LogP contribution in [-0.4, -0.2) is 17.4 Å². The zero-order valence-corrected chi connectivity index (χ0v) is 14.6. The third-order valence-electron chi connectivity index (χ3n) is 3.33. The molecule has 0 atom stereocenters. The molecular weight excluding hydrogens is 329 g/mol. The number of rotatable bonds is 6. The van der Waals surface area contributed by atoms with Crippen molar-refractivity contribution in [2.75, 3.05) is 6.54 Å². The number of aromatic hydroxyl groups is 1. The van der Waals surface area contributed by atoms with Crippen molar-refractivity contribution in [1.29, 1.82) is 0 Å². The zero-order chi connectivity index (χ0) is 19.0. The van der Waals surface area contributed by atoms with Gasteiger partial charge in [-0.2, -0.15) is 13.2 Å². The summed E-state index contributed by atoms with van der Waals surface area (Å²) < 4.78 is 38.3. The van der Waals surface area contributed by atoms with Gasteiger partial charge in [0.25, 0.3) is 0 Å². The highest BCUT2D eigenvalue weighted by atomic mass is 19.4. The first-order chi connectivity index (χ1) is 11.7. The van der Waals surface area contributed by atoms with Crippen molar-refractivity contribution in [1.82, 2.24) is 0 Å². The Morgan fingerprint density at radius 3 is 2.48 bits per heavy atom. The van der Waals surface area contributed by atoms with Gasteiger partial charge in [0.2, 0.25) is 0 Å². The molecule has 0 radical (unpaired) electrons. The molecule has 0 heterocycles. The fourth-order valence-electron chi connectivity index (χ4n) is 2.04. The van der Waals surface area contributed by atoms with E-state index in [1.165, 1.54) is 6.07 Å². The van der Waals surface area contributed by atoms with Crippen LogP contribution in [0.1, 0.15) is 38.3 Å². The van der Waals surface area contributed by atoms with Crippen molar-refractivity contribution in [3.63, 3.8) is 0 Å². The number of allylic oxidation sites excluding steroid dienone is 5. The van der Waals surface area contributed by atoms with Crippen molar-refractivity contribution < 1.29 is 18.3 Å². The van der Waals surface area contributed by atoms with Gasteiger partial charge in [-0.25, -0.2) is 0 Å². The molecular formula is C19H23F3N2O. The number of alkyl halides is 3. The minimum absolute atomic E-state index is 0.245. The topological polar surface area (TPSA) is 58.6 Å². The lowest BCUT2D eigenvalue weighted by atomic mass is 10.00. The average Bonchev–Trinajstić information content (AvgIpc) is 2.51. The summed E-state index contributed by atoms with van der Waals surface area (Å²) in [5, 5.41) is 10.1. The molecule has 0 bridgehead atoms. The molecule has 0 aromatic heterocycles. The van der Waals surface area contributed by atoms with E-state index in [1.807, 2.05) is 19.1 Å². The van der Waals surface area contributed by atoms with Crippen LogP contribution in [0, 0.1) is 0 Å². The third kappa shape index (κ3) is 6.49. The van der Waals surface area contributed by atoms with Gasteiger partial charge in [-0.15, -0.1) is 0 Å². The van der Waals surface area contributed by atoms with Gasteiger partial charge in [-0.3, -0.25) is 4.99 Å². The van der Waals surface area contributed by atoms with Crippen molar-refractivity contribution in [2.45, 2.75) is 33.4 Å². The summed E-state index contributed by atoms with van der Waals surface area (Å²) in [4.78, 5) is 4.38. The number of hydrogen-bond acceptors (Lipinski definition) is 3. The van der Waals surface area contributed by atoms with E-state index in [0.29, 0.717) is 17.5 Å². The summed E-state index contributed by atoms with van der Waals surface area (Å²) in [6, 6.07) is 2.88. The number of phenolic OH excluding ortho intramolecular Hbond substituents is 1. The van der Waals surface area contributed by atoms with Gasteiger partial charge in [0, 0.05) is 11.3 Å². The highest BCUT2D eigenvalue weighted by Crippen LogP contribution is 2.33. The van der Waals surface area contributed by atoms with Crippen molar-refractivity contribution >= 4 is 5.71 Å². The van der Waals surface area contributed by atoms with Gasteiger partial charge in [-0.1, -0.05) is 25.2 Å². The van der Waals surface area contributed by atoms with Gasteiger partial charge in [0.15, 0.2) is 0 Å². The summed E-state index contributed by atoms with van der Waals surface area (Å²) in [5.41, 5.74) is 6.66. The molecule has 1 rings (SSSR count). The molecule has 0 fully saturated rings. The first-order valence-electron chi connectivity index (χ1n) is 7.87. The predicted octanol–water partition coefficient (Wildman–Crippen LogP) is 4.98. The predicted molar refractivity (Wildman–Crippen MR) is 95.6 cm³/mol. The summed E-state index contributed by atoms with van der Waals surface area (Å²) in [5.74, 6) is -0.464. The lowest BCUT2D eigenvalue weighted by Crippen LogP contribution is -2.08. The maximum absolute atomic E-state index is 12.8. The van der Waals surface area contributed by atoms with Gasteiger partial charge >= 0.3 is 6.18 Å². The van der Waals surface area contributed by atoms with Crippen molar-refractivity contribution in [3.8, 4) is 5.75 Å². The Morgan fingerprint density at radius 2 is 1.96 bits per heavy atom. The normalized spacial score (nSPS) is 14.4. The molecule has 6 heteroatoms. The first kappa shape index (κ1) is 20.5. The van der Waals surface area contributed by atoms with Gasteiger partial charge in [0.05, 0.1) is 17.8 Å². The van der Waals surface area contributed by atoms with Crippen LogP contribution >= 0.6 is 0 Å². The minimum atomic E-state index is -4.51. The summed E-state index contributed by atoms with van der Waals surface area (Å²) in [6.45, 7) is 5.76. The van der Waals surface area contributed by atoms with Gasteiger partial charge in [0.1, 0.15) is 5.75 Å². The Balaban J connectivity index is 3.35. The number of nitrogens with zero attached hydrogens (tertiary/aromatic N) is 1. The lowest BCUT2D eigenvalue weighted by molar-refractivity contribution is -0.137. The molecule has 0 saturated heterocycles. The molecule has 0 saturated carbocycles. The number of nitrogens with two attached hydrogens (primary N) is 1. The lowest BCUT2D eigenvalue weighted by Gasteiger charge is -2.12. The second-order valence-corrected chi connectivity index (χ2v) is 5.55. The summed E-state index contributed by atoms with van der Waals surface area (Å²) in [7, 11) is 0. The first-order valence-corrected chi connectivity index (χ1v) is 7.87. The Hall–Kier alpha value is -2.50. The van der Waals surface area contributed by atoms with E-state index in [2.05, 4.69) is 4.99 Å². The Labute approximate surface area is 146 Å². The Kier molecular flexibility index (Phi) is 7.48. The molecule has 3 nitrogen and oxygen atoms in total. The van der Waals surface area contributed by atoms with Gasteiger partial charge in [-0.05, 0) is 50.1 Å². The number of aliphatic imine (C=N–C) groups is 1. The molecule has 1 aromatic rings. The van der Waals surface area contributed by atoms with E-state index in [4.69, 9.17) is 5.73 Å². The summed E-state index contributed by atoms with van der Waals surface area (Å²) in [6.07, 6.45) is 3.63. The van der Waals surface area contributed by atoms with E-state index < -0.39 is 17.5 Å². The van der Waals surface area contributed by atoms with Crippen LogP contribution < -0.4 is 5.73 Å². The van der Waals surface area contributed by atoms with Crippen molar-refractivity contribution in [2.24, 2.45) is 10.7 Å². The molecule has 25 heavy (non-hydrogen) atoms. The molecule has 0 aliphatic carbocycles. The van der Waals surface area contributed by atoms with Crippen LogP contribution in [0.4, 0.5) is 13.2 Å². The molecule has 0 unspecified atom stereocenters. The average molecular weight is 352 g/mol. The number of benzene rings is 1. The van der Waals surface area contributed by atoms with E-state index in [9.17, 15) is 18.3 Å². The van der Waals surface area contributed by atoms with Crippen LogP contribution in [0.25, 0.3) is 0 Å². The standard InChI is InChI=1S/C19H23F3N2O/c1-4-5-6-7-13(2)18(24-11-10-14(3)23)16-9-8-15(12-17(16)25)19(20,21)22/h5-10,12,25H,4,11,23H2,1-3H3/b6-5-,13-7+,14-10+,24-18?. The van der Waals surface area contributed by atoms with Gasteiger partial charge < -0.3 is 10.8 Å². The largest absolute Gasteiger partial charge is 0.507 e. The molecule has 0 aliphatic rings. The second kappa shape index (κ2) is 9.11. The Morgan fingerprint density at radius 1 is 1.28 bits per heavy atom. The van der Waals surface area contributed by atoms with E-state index >= 15 is 0 Å². The number of hydrogen-bond donors (Lipinski definition) is 2. The van der Waals surface area contributed by atoms with Crippen LogP contribution in [0.2, 0.25) is 0 Å². The van der Waals surface area contributed by atoms with Crippen LogP contribution in [0.15, 0.2) is 58.8 Å². The number of halogens is 3. The monoisotopic (exact) mass is 352 g/mol. The quantitative estimate of drug-likeness (QED) is 0.561. The fraction of sp³-hybridized carbons (Fsp3) is 0.316. The highest BCUT2D eigenvalue weighted by Gasteiger charge is 2.31. The second-order valence-electron chi connectivity index (χ2n) is 5.55. The SMILES string of the molecule is CC/C=C\C=C(/C)C(=NC/C=C(\C)N)c1ccc(C(F)(F)F)cc1O. The Bertz CT molecular complexity index is 710. The van der Waals surface area contributed by atoms with E-state index in [-0.39, 0.29) is 12.1 Å². The molecule has 3 N–H and O–H groups in total. The zero-order valence-electron chi connectivity index (χ0n) is 14.6. The number of phenols is 1. The highest BCUT2D eigenvalue weighted by molar-refractivity contribution is 6.14. The van der Waals surface area contributed by atoms with Crippen LogP contribution in [-0.2, 0) is 6.18 Å². The molecule has 0 aliphatic heterocycles. The smallest absolute Gasteiger partial charge is 0.416 e. The molecule has 136 valence electrons. The third-order valence-corrected chi connectivity index (χ3v) is 3.33. The maximum atomic E-state index is 12.8. The fourth-order valence-corrected chi connectivity index (χ4v) is 2.04. The van der Waals surface area contributed by atoms with E-state index in [0.717, 1.165) is 18.1 Å². The van der Waals surface area contributed by atoms with Crippen LogP contribution in [0.5, 0.6) is 5.75 Å². The minimum Gasteiger partial charge on any atom is -0.507 e. The maximum Gasteiger partial charge on any atom is 0.416 e. The summed E-state index contributed by atoms with van der Waals surface area (Å²) >= 11 is 0.